The molecule has 0 aliphatic heterocycles. The number of nitrogens with one attached hydrogen (secondary N) is 1. The molecule has 5 rings (SSSR count). The molecule has 4 aromatic carbocycles. The number of anilines is 1. The van der Waals surface area contributed by atoms with E-state index >= 15 is 0 Å². The highest BCUT2D eigenvalue weighted by molar-refractivity contribution is 5.99. The third-order valence-electron chi connectivity index (χ3n) is 6.31. The van der Waals surface area contributed by atoms with Gasteiger partial charge in [0.05, 0.1) is 12.8 Å². The normalized spacial score (nSPS) is 10.7. The van der Waals surface area contributed by atoms with Crippen molar-refractivity contribution in [3.63, 3.8) is 0 Å². The Morgan fingerprint density at radius 3 is 2.17 bits per heavy atom. The second-order valence-electron chi connectivity index (χ2n) is 9.09. The monoisotopic (exact) mass is 534 g/mol. The minimum Gasteiger partial charge on any atom is -0.497 e. The third kappa shape index (κ3) is 6.24. The van der Waals surface area contributed by atoms with Gasteiger partial charge in [-0.05, 0) is 66.2 Å². The Balaban J connectivity index is 1.43. The van der Waals surface area contributed by atoms with Crippen LogP contribution in [0, 0.1) is 5.82 Å². The van der Waals surface area contributed by atoms with E-state index in [1.165, 1.54) is 17.0 Å². The van der Waals surface area contributed by atoms with Crippen LogP contribution in [-0.2, 0) is 11.3 Å². The highest BCUT2D eigenvalue weighted by atomic mass is 19.1. The van der Waals surface area contributed by atoms with E-state index in [1.54, 1.807) is 54.3 Å². The molecular formula is C32H27FN4O3. The summed E-state index contributed by atoms with van der Waals surface area (Å²) in [5, 5.41) is 2.86. The fourth-order valence-electron chi connectivity index (χ4n) is 4.27. The summed E-state index contributed by atoms with van der Waals surface area (Å²) < 4.78 is 20.6. The molecule has 1 aromatic heterocycles. The van der Waals surface area contributed by atoms with Crippen molar-refractivity contribution in [1.82, 2.24) is 14.5 Å². The van der Waals surface area contributed by atoms with E-state index in [1.807, 2.05) is 60.7 Å². The van der Waals surface area contributed by atoms with E-state index in [0.29, 0.717) is 22.7 Å². The first-order chi connectivity index (χ1) is 19.5. The number of ether oxygens (including phenoxy) is 1. The molecule has 0 aliphatic carbocycles. The summed E-state index contributed by atoms with van der Waals surface area (Å²) in [4.78, 5) is 32.9. The van der Waals surface area contributed by atoms with E-state index in [-0.39, 0.29) is 30.8 Å². The van der Waals surface area contributed by atoms with Crippen molar-refractivity contribution >= 4 is 17.8 Å². The molecule has 0 saturated heterocycles. The molecule has 2 amide bonds. The van der Waals surface area contributed by atoms with Crippen molar-refractivity contribution in [2.75, 3.05) is 19.0 Å². The number of rotatable bonds is 9. The summed E-state index contributed by atoms with van der Waals surface area (Å²) in [7, 11) is 1.59. The Morgan fingerprint density at radius 2 is 1.52 bits per heavy atom. The highest BCUT2D eigenvalue weighted by Gasteiger charge is 2.21. The lowest BCUT2D eigenvalue weighted by Crippen LogP contribution is -2.38. The molecule has 0 spiro atoms. The molecule has 1 heterocycles. The van der Waals surface area contributed by atoms with E-state index in [4.69, 9.17) is 4.74 Å². The van der Waals surface area contributed by atoms with Crippen molar-refractivity contribution < 1.29 is 18.7 Å². The number of hydrogen-bond donors (Lipinski definition) is 1. The van der Waals surface area contributed by atoms with Crippen LogP contribution in [0.25, 0.3) is 16.9 Å². The number of methoxy groups -OCH3 is 1. The lowest BCUT2D eigenvalue weighted by atomic mass is 10.1. The molecule has 0 aliphatic rings. The van der Waals surface area contributed by atoms with Crippen LogP contribution in [0.15, 0.2) is 115 Å². The minimum atomic E-state index is -0.421. The van der Waals surface area contributed by atoms with Crippen molar-refractivity contribution in [2.45, 2.75) is 6.54 Å². The van der Waals surface area contributed by atoms with Crippen LogP contribution < -0.4 is 10.1 Å². The van der Waals surface area contributed by atoms with E-state index in [9.17, 15) is 14.0 Å². The zero-order chi connectivity index (χ0) is 27.9. The first kappa shape index (κ1) is 26.4. The van der Waals surface area contributed by atoms with Gasteiger partial charge >= 0.3 is 0 Å². The van der Waals surface area contributed by atoms with Crippen LogP contribution in [0.4, 0.5) is 10.3 Å². The molecule has 0 fully saturated rings. The molecule has 0 unspecified atom stereocenters. The molecular weight excluding hydrogens is 507 g/mol. The number of hydrogen-bond acceptors (Lipinski definition) is 4. The zero-order valence-corrected chi connectivity index (χ0v) is 21.8. The molecule has 200 valence electrons. The Kier molecular flexibility index (Phi) is 7.97. The van der Waals surface area contributed by atoms with Crippen LogP contribution in [0.3, 0.4) is 0 Å². The summed E-state index contributed by atoms with van der Waals surface area (Å²) in [5.41, 5.74) is 3.41. The van der Waals surface area contributed by atoms with Gasteiger partial charge < -0.3 is 9.64 Å². The zero-order valence-electron chi connectivity index (χ0n) is 21.8. The number of carbonyl (C=O) groups excluding carboxylic acids is 2. The van der Waals surface area contributed by atoms with Crippen molar-refractivity contribution in [3.8, 4) is 22.7 Å². The summed E-state index contributed by atoms with van der Waals surface area (Å²) in [6, 6.07) is 31.6. The fourth-order valence-corrected chi connectivity index (χ4v) is 4.27. The van der Waals surface area contributed by atoms with Crippen LogP contribution in [0.1, 0.15) is 15.9 Å². The molecule has 1 N–H and O–H groups in total. The molecule has 8 heteroatoms. The number of imidazole rings is 1. The Bertz CT molecular complexity index is 1590. The lowest BCUT2D eigenvalue weighted by molar-refractivity contribution is -0.117. The molecule has 0 radical (unpaired) electrons. The Labute approximate surface area is 231 Å². The van der Waals surface area contributed by atoms with Crippen LogP contribution in [0.2, 0.25) is 0 Å². The summed E-state index contributed by atoms with van der Waals surface area (Å²) in [6.45, 7) is 0.0578. The molecule has 0 saturated carbocycles. The quantitative estimate of drug-likeness (QED) is 0.253. The van der Waals surface area contributed by atoms with Crippen LogP contribution in [-0.4, -0.2) is 39.9 Å². The van der Waals surface area contributed by atoms with Gasteiger partial charge in [-0.25, -0.2) is 9.37 Å². The molecule has 5 aromatic rings. The van der Waals surface area contributed by atoms with Gasteiger partial charge in [-0.2, -0.15) is 0 Å². The maximum Gasteiger partial charge on any atom is 0.254 e. The predicted molar refractivity (Wildman–Crippen MR) is 152 cm³/mol. The Hall–Kier alpha value is -5.24. The first-order valence-electron chi connectivity index (χ1n) is 12.7. The van der Waals surface area contributed by atoms with Gasteiger partial charge in [-0.3, -0.25) is 19.5 Å². The van der Waals surface area contributed by atoms with Crippen molar-refractivity contribution in [1.29, 1.82) is 0 Å². The maximum absolute atomic E-state index is 13.6. The average molecular weight is 535 g/mol. The first-order valence-corrected chi connectivity index (χ1v) is 12.7. The lowest BCUT2D eigenvalue weighted by Gasteiger charge is -2.22. The fraction of sp³-hybridized carbons (Fsp3) is 0.0938. The largest absolute Gasteiger partial charge is 0.497 e. The van der Waals surface area contributed by atoms with E-state index in [2.05, 4.69) is 10.3 Å². The van der Waals surface area contributed by atoms with Gasteiger partial charge in [0.15, 0.2) is 0 Å². The van der Waals surface area contributed by atoms with Gasteiger partial charge in [0.1, 0.15) is 18.1 Å². The van der Waals surface area contributed by atoms with Crippen LogP contribution >= 0.6 is 0 Å². The van der Waals surface area contributed by atoms with E-state index < -0.39 is 5.91 Å². The molecule has 7 nitrogen and oxygen atoms in total. The summed E-state index contributed by atoms with van der Waals surface area (Å²) >= 11 is 0. The SMILES string of the molecule is COc1ccc(-c2cn(-c3ccc(F)cc3)c(NC(=O)CN(Cc3ccccc3)C(=O)c3ccccc3)n2)cc1. The highest BCUT2D eigenvalue weighted by Crippen LogP contribution is 2.26. The third-order valence-corrected chi connectivity index (χ3v) is 6.31. The van der Waals surface area contributed by atoms with Crippen LogP contribution in [0.5, 0.6) is 5.75 Å². The maximum atomic E-state index is 13.6. The molecule has 40 heavy (non-hydrogen) atoms. The topological polar surface area (TPSA) is 76.5 Å². The number of nitrogens with zero attached hydrogens (tertiary/aromatic N) is 3. The molecule has 0 bridgehead atoms. The number of carbonyl (C=O) groups is 2. The van der Waals surface area contributed by atoms with Gasteiger partial charge in [0.25, 0.3) is 5.91 Å². The van der Waals surface area contributed by atoms with Gasteiger partial charge in [-0.15, -0.1) is 0 Å². The Morgan fingerprint density at radius 1 is 0.875 bits per heavy atom. The van der Waals surface area contributed by atoms with Gasteiger partial charge in [-0.1, -0.05) is 48.5 Å². The van der Waals surface area contributed by atoms with Gasteiger partial charge in [0.2, 0.25) is 11.9 Å². The van der Waals surface area contributed by atoms with E-state index in [0.717, 1.165) is 11.1 Å². The molecule has 0 atom stereocenters. The predicted octanol–water partition coefficient (Wildman–Crippen LogP) is 5.97. The van der Waals surface area contributed by atoms with Gasteiger partial charge in [0, 0.05) is 29.6 Å². The second kappa shape index (κ2) is 12.1. The number of halogens is 1. The van der Waals surface area contributed by atoms with Crippen molar-refractivity contribution in [2.24, 2.45) is 0 Å². The standard InChI is InChI=1S/C32H27FN4O3/c1-40-28-18-12-24(13-19-28)29-21-37(27-16-14-26(33)15-17-27)32(34-29)35-30(38)22-36(20-23-8-4-2-5-9-23)31(39)25-10-6-3-7-11-25/h2-19,21H,20,22H2,1H3,(H,34,35,38). The summed E-state index contributed by atoms with van der Waals surface area (Å²) in [6.07, 6.45) is 1.77. The number of aromatic nitrogens is 2. The number of amides is 2. The summed E-state index contributed by atoms with van der Waals surface area (Å²) in [5.74, 6) is -0.109. The second-order valence-corrected chi connectivity index (χ2v) is 9.09. The minimum absolute atomic E-state index is 0.198. The average Bonchev–Trinajstić information content (AvgIpc) is 3.41. The number of benzene rings is 4. The van der Waals surface area contributed by atoms with Crippen molar-refractivity contribution in [3.05, 3.63) is 132 Å². The smallest absolute Gasteiger partial charge is 0.254 e.